The van der Waals surface area contributed by atoms with Crippen LogP contribution in [0.5, 0.6) is 5.75 Å². The van der Waals surface area contributed by atoms with Crippen molar-refractivity contribution in [2.45, 2.75) is 57.4 Å². The number of nitrogens with two attached hydrogens (primary N) is 1. The molecule has 1 fully saturated rings. The van der Waals surface area contributed by atoms with Crippen LogP contribution >= 0.6 is 11.6 Å². The van der Waals surface area contributed by atoms with Crippen molar-refractivity contribution in [3.8, 4) is 5.75 Å². The van der Waals surface area contributed by atoms with Crippen molar-refractivity contribution >= 4 is 11.6 Å². The van der Waals surface area contributed by atoms with Crippen LogP contribution in [0.1, 0.15) is 49.7 Å². The van der Waals surface area contributed by atoms with Crippen LogP contribution in [0.25, 0.3) is 0 Å². The van der Waals surface area contributed by atoms with Crippen LogP contribution in [-0.4, -0.2) is 12.6 Å². The SMILES string of the molecule is NNC(Cc1cc(Cl)cc2c1OCC2)C1CCCCCC1. The van der Waals surface area contributed by atoms with E-state index in [1.165, 1.54) is 49.7 Å². The van der Waals surface area contributed by atoms with E-state index in [1.807, 2.05) is 12.1 Å². The van der Waals surface area contributed by atoms with Crippen LogP contribution in [0.4, 0.5) is 0 Å². The number of nitrogens with one attached hydrogen (secondary N) is 1. The fraction of sp³-hybridized carbons (Fsp3) is 0.647. The van der Waals surface area contributed by atoms with Gasteiger partial charge in [0.2, 0.25) is 0 Å². The second-order valence-corrected chi connectivity index (χ2v) is 6.82. The van der Waals surface area contributed by atoms with Crippen molar-refractivity contribution in [1.82, 2.24) is 5.43 Å². The molecule has 2 aliphatic rings. The summed E-state index contributed by atoms with van der Waals surface area (Å²) in [7, 11) is 0. The highest BCUT2D eigenvalue weighted by molar-refractivity contribution is 6.30. The Morgan fingerprint density at radius 1 is 1.24 bits per heavy atom. The summed E-state index contributed by atoms with van der Waals surface area (Å²) >= 11 is 6.26. The number of halogens is 1. The molecular formula is C17H25ClN2O. The summed E-state index contributed by atoms with van der Waals surface area (Å²) in [5.74, 6) is 7.57. The number of hydrogen-bond donors (Lipinski definition) is 2. The first-order valence-corrected chi connectivity index (χ1v) is 8.56. The Kier molecular flexibility index (Phi) is 5.04. The molecule has 1 unspecified atom stereocenters. The Morgan fingerprint density at radius 3 is 2.71 bits per heavy atom. The summed E-state index contributed by atoms with van der Waals surface area (Å²) in [6.45, 7) is 0.771. The Bertz CT molecular complexity index is 484. The molecule has 21 heavy (non-hydrogen) atoms. The van der Waals surface area contributed by atoms with E-state index in [4.69, 9.17) is 22.2 Å². The zero-order valence-electron chi connectivity index (χ0n) is 12.5. The Hall–Kier alpha value is -0.770. The molecule has 1 aromatic carbocycles. The lowest BCUT2D eigenvalue weighted by atomic mass is 9.87. The summed E-state index contributed by atoms with van der Waals surface area (Å²) in [6.07, 6.45) is 9.81. The van der Waals surface area contributed by atoms with Gasteiger partial charge in [0.25, 0.3) is 0 Å². The van der Waals surface area contributed by atoms with Gasteiger partial charge in [0, 0.05) is 17.5 Å². The predicted octanol–water partition coefficient (Wildman–Crippen LogP) is 3.62. The molecule has 1 aromatic rings. The van der Waals surface area contributed by atoms with Gasteiger partial charge in [-0.15, -0.1) is 0 Å². The first-order chi connectivity index (χ1) is 10.3. The minimum absolute atomic E-state index is 0.315. The minimum Gasteiger partial charge on any atom is -0.493 e. The second-order valence-electron chi connectivity index (χ2n) is 6.38. The normalized spacial score (nSPS) is 20.7. The van der Waals surface area contributed by atoms with Gasteiger partial charge in [-0.2, -0.15) is 0 Å². The van der Waals surface area contributed by atoms with Gasteiger partial charge in [-0.3, -0.25) is 11.3 Å². The average Bonchev–Trinajstić information content (AvgIpc) is 2.78. The largest absolute Gasteiger partial charge is 0.493 e. The monoisotopic (exact) mass is 308 g/mol. The minimum atomic E-state index is 0.315. The molecule has 3 rings (SSSR count). The number of benzene rings is 1. The summed E-state index contributed by atoms with van der Waals surface area (Å²) in [6, 6.07) is 4.39. The van der Waals surface area contributed by atoms with Gasteiger partial charge in [-0.05, 0) is 48.4 Å². The van der Waals surface area contributed by atoms with Crippen LogP contribution in [-0.2, 0) is 12.8 Å². The summed E-state index contributed by atoms with van der Waals surface area (Å²) in [4.78, 5) is 0. The molecule has 3 nitrogen and oxygen atoms in total. The molecule has 1 aliphatic heterocycles. The van der Waals surface area contributed by atoms with Crippen molar-refractivity contribution in [3.05, 3.63) is 28.3 Å². The predicted molar refractivity (Wildman–Crippen MR) is 86.7 cm³/mol. The second kappa shape index (κ2) is 6.99. The number of hydrogen-bond acceptors (Lipinski definition) is 3. The van der Waals surface area contributed by atoms with Crippen LogP contribution in [0.15, 0.2) is 12.1 Å². The van der Waals surface area contributed by atoms with E-state index in [0.29, 0.717) is 12.0 Å². The zero-order chi connectivity index (χ0) is 14.7. The van der Waals surface area contributed by atoms with E-state index >= 15 is 0 Å². The first-order valence-electron chi connectivity index (χ1n) is 8.18. The van der Waals surface area contributed by atoms with Gasteiger partial charge in [0.15, 0.2) is 0 Å². The maximum absolute atomic E-state index is 6.26. The topological polar surface area (TPSA) is 47.3 Å². The molecule has 0 bridgehead atoms. The van der Waals surface area contributed by atoms with Gasteiger partial charge in [-0.1, -0.05) is 37.3 Å². The van der Waals surface area contributed by atoms with Gasteiger partial charge < -0.3 is 4.74 Å². The zero-order valence-corrected chi connectivity index (χ0v) is 13.3. The number of hydrazine groups is 1. The third-order valence-corrected chi connectivity index (χ3v) is 5.17. The Labute approximate surface area is 132 Å². The highest BCUT2D eigenvalue weighted by Crippen LogP contribution is 2.35. The molecule has 1 saturated carbocycles. The van der Waals surface area contributed by atoms with Crippen LogP contribution in [0, 0.1) is 5.92 Å². The fourth-order valence-corrected chi connectivity index (χ4v) is 4.07. The van der Waals surface area contributed by atoms with Crippen LogP contribution in [0.3, 0.4) is 0 Å². The first kappa shape index (κ1) is 15.1. The third-order valence-electron chi connectivity index (χ3n) is 4.95. The molecule has 116 valence electrons. The van der Waals surface area contributed by atoms with E-state index in [1.54, 1.807) is 0 Å². The quantitative estimate of drug-likeness (QED) is 0.507. The molecule has 1 aliphatic carbocycles. The molecule has 1 heterocycles. The van der Waals surface area contributed by atoms with E-state index in [0.717, 1.165) is 30.2 Å². The van der Waals surface area contributed by atoms with Gasteiger partial charge in [0.1, 0.15) is 5.75 Å². The molecule has 0 spiro atoms. The third kappa shape index (κ3) is 3.53. The average molecular weight is 309 g/mol. The lowest BCUT2D eigenvalue weighted by molar-refractivity contribution is 0.313. The molecule has 0 saturated heterocycles. The summed E-state index contributed by atoms with van der Waals surface area (Å²) in [5, 5.41) is 0.811. The summed E-state index contributed by atoms with van der Waals surface area (Å²) in [5.41, 5.74) is 5.51. The lowest BCUT2D eigenvalue weighted by Crippen LogP contribution is -2.42. The number of fused-ring (bicyclic) bond motifs is 1. The Balaban J connectivity index is 1.77. The standard InChI is InChI=1S/C17H25ClN2O/c18-15-9-13-7-8-21-17(13)14(10-15)11-16(20-19)12-5-3-1-2-4-6-12/h9-10,12,16,20H,1-8,11,19H2. The van der Waals surface area contributed by atoms with E-state index in [9.17, 15) is 0 Å². The van der Waals surface area contributed by atoms with Crippen LogP contribution in [0.2, 0.25) is 5.02 Å². The van der Waals surface area contributed by atoms with Gasteiger partial charge in [0.05, 0.1) is 6.61 Å². The maximum Gasteiger partial charge on any atom is 0.125 e. The highest BCUT2D eigenvalue weighted by atomic mass is 35.5. The number of ether oxygens (including phenoxy) is 1. The van der Waals surface area contributed by atoms with E-state index in [2.05, 4.69) is 5.43 Å². The van der Waals surface area contributed by atoms with Crippen molar-refractivity contribution in [2.75, 3.05) is 6.61 Å². The smallest absolute Gasteiger partial charge is 0.125 e. The lowest BCUT2D eigenvalue weighted by Gasteiger charge is -2.26. The number of rotatable bonds is 4. The van der Waals surface area contributed by atoms with Gasteiger partial charge >= 0.3 is 0 Å². The molecule has 0 amide bonds. The highest BCUT2D eigenvalue weighted by Gasteiger charge is 2.25. The van der Waals surface area contributed by atoms with E-state index in [-0.39, 0.29) is 0 Å². The molecule has 1 atom stereocenters. The van der Waals surface area contributed by atoms with Crippen molar-refractivity contribution in [2.24, 2.45) is 11.8 Å². The molecule has 4 heteroatoms. The molecular weight excluding hydrogens is 284 g/mol. The Morgan fingerprint density at radius 2 is 2.00 bits per heavy atom. The molecule has 3 N–H and O–H groups in total. The molecule has 0 aromatic heterocycles. The molecule has 0 radical (unpaired) electrons. The fourth-order valence-electron chi connectivity index (χ4n) is 3.81. The maximum atomic E-state index is 6.26. The van der Waals surface area contributed by atoms with E-state index < -0.39 is 0 Å². The van der Waals surface area contributed by atoms with Crippen molar-refractivity contribution < 1.29 is 4.74 Å². The summed E-state index contributed by atoms with van der Waals surface area (Å²) < 4.78 is 5.81. The van der Waals surface area contributed by atoms with Crippen molar-refractivity contribution in [1.29, 1.82) is 0 Å². The van der Waals surface area contributed by atoms with Crippen LogP contribution < -0.4 is 16.0 Å². The van der Waals surface area contributed by atoms with Gasteiger partial charge in [-0.25, -0.2) is 0 Å². The van der Waals surface area contributed by atoms with Crippen molar-refractivity contribution in [3.63, 3.8) is 0 Å².